The first kappa shape index (κ1) is 17.0. The van der Waals surface area contributed by atoms with Crippen molar-refractivity contribution in [3.8, 4) is 0 Å². The number of carbonyl (C=O) groups excluding carboxylic acids is 2. The molecule has 2 aliphatic rings. The highest BCUT2D eigenvalue weighted by Crippen LogP contribution is 2.38. The van der Waals surface area contributed by atoms with Crippen molar-refractivity contribution in [2.24, 2.45) is 5.92 Å². The second-order valence-corrected chi connectivity index (χ2v) is 7.49. The fourth-order valence-corrected chi connectivity index (χ4v) is 3.93. The molecule has 0 saturated carbocycles. The lowest BCUT2D eigenvalue weighted by molar-refractivity contribution is -0.139. The molecule has 2 aliphatic heterocycles. The third kappa shape index (κ3) is 3.77. The standard InChI is InChI=1S/C17H26N4O3/c1-11(22)20-14(6-13-8-18-10-19-13)16(23)21-5-4-15-12(9-21)7-17(2,3)24-15/h8,10,12,14-15H,4-7,9H2,1-3H3,(H,18,19)(H,20,22)/t12-,14+,15+/m1/s1. The Kier molecular flexibility index (Phi) is 4.62. The number of H-pyrrole nitrogens is 1. The summed E-state index contributed by atoms with van der Waals surface area (Å²) in [5, 5.41) is 2.78. The Morgan fingerprint density at radius 1 is 1.54 bits per heavy atom. The number of hydrogen-bond donors (Lipinski definition) is 2. The summed E-state index contributed by atoms with van der Waals surface area (Å²) in [5.74, 6) is 0.152. The average Bonchev–Trinajstić information content (AvgIpc) is 3.09. The lowest BCUT2D eigenvalue weighted by Crippen LogP contribution is -2.53. The van der Waals surface area contributed by atoms with Crippen molar-refractivity contribution in [1.29, 1.82) is 0 Å². The van der Waals surface area contributed by atoms with Gasteiger partial charge in [-0.15, -0.1) is 0 Å². The lowest BCUT2D eigenvalue weighted by Gasteiger charge is -2.36. The molecule has 0 aromatic carbocycles. The van der Waals surface area contributed by atoms with Crippen molar-refractivity contribution in [2.75, 3.05) is 13.1 Å². The van der Waals surface area contributed by atoms with E-state index in [1.54, 1.807) is 12.5 Å². The summed E-state index contributed by atoms with van der Waals surface area (Å²) in [6, 6.07) is -0.560. The zero-order chi connectivity index (χ0) is 17.3. The maximum atomic E-state index is 12.9. The van der Waals surface area contributed by atoms with E-state index in [-0.39, 0.29) is 23.5 Å². The van der Waals surface area contributed by atoms with Crippen molar-refractivity contribution < 1.29 is 14.3 Å². The molecule has 7 nitrogen and oxygen atoms in total. The Balaban J connectivity index is 1.67. The molecule has 0 unspecified atom stereocenters. The van der Waals surface area contributed by atoms with Crippen LogP contribution in [0.4, 0.5) is 0 Å². The number of ether oxygens (including phenoxy) is 1. The van der Waals surface area contributed by atoms with Gasteiger partial charge >= 0.3 is 0 Å². The van der Waals surface area contributed by atoms with Crippen molar-refractivity contribution in [1.82, 2.24) is 20.2 Å². The van der Waals surface area contributed by atoms with E-state index in [0.29, 0.717) is 25.4 Å². The number of aromatic amines is 1. The SMILES string of the molecule is CC(=O)N[C@@H](Cc1cnc[nH]1)C(=O)N1CC[C@@H]2OC(C)(C)C[C@@H]2C1. The van der Waals surface area contributed by atoms with Crippen molar-refractivity contribution in [3.63, 3.8) is 0 Å². The Labute approximate surface area is 142 Å². The molecular formula is C17H26N4O3. The third-order valence-corrected chi connectivity index (χ3v) is 4.85. The summed E-state index contributed by atoms with van der Waals surface area (Å²) in [6.07, 6.45) is 5.75. The van der Waals surface area contributed by atoms with Crippen molar-refractivity contribution in [3.05, 3.63) is 18.2 Å². The van der Waals surface area contributed by atoms with Crippen molar-refractivity contribution >= 4 is 11.8 Å². The second kappa shape index (κ2) is 6.55. The molecule has 2 N–H and O–H groups in total. The molecule has 0 aliphatic carbocycles. The number of amides is 2. The predicted molar refractivity (Wildman–Crippen MR) is 88.2 cm³/mol. The molecule has 2 fully saturated rings. The average molecular weight is 334 g/mol. The van der Waals surface area contributed by atoms with Gasteiger partial charge in [-0.05, 0) is 26.7 Å². The normalized spacial score (nSPS) is 26.7. The van der Waals surface area contributed by atoms with Crippen molar-refractivity contribution in [2.45, 2.75) is 57.8 Å². The van der Waals surface area contributed by atoms with Crippen LogP contribution in [0.25, 0.3) is 0 Å². The minimum atomic E-state index is -0.560. The number of hydrogen-bond acceptors (Lipinski definition) is 4. The first-order chi connectivity index (χ1) is 11.3. The molecule has 2 saturated heterocycles. The minimum absolute atomic E-state index is 0.0250. The predicted octanol–water partition coefficient (Wildman–Crippen LogP) is 0.873. The van der Waals surface area contributed by atoms with Gasteiger partial charge in [-0.1, -0.05) is 0 Å². The molecule has 3 atom stereocenters. The number of imidazole rings is 1. The van der Waals surface area contributed by atoms with Gasteiger partial charge in [0, 0.05) is 44.2 Å². The molecule has 3 rings (SSSR count). The smallest absolute Gasteiger partial charge is 0.245 e. The topological polar surface area (TPSA) is 87.3 Å². The van der Waals surface area contributed by atoms with Gasteiger partial charge in [0.15, 0.2) is 0 Å². The molecule has 7 heteroatoms. The molecule has 0 bridgehead atoms. The summed E-state index contributed by atoms with van der Waals surface area (Å²) >= 11 is 0. The Bertz CT molecular complexity index is 599. The zero-order valence-corrected chi connectivity index (χ0v) is 14.5. The fourth-order valence-electron chi connectivity index (χ4n) is 3.93. The van der Waals surface area contributed by atoms with E-state index in [0.717, 1.165) is 18.5 Å². The number of nitrogens with zero attached hydrogens (tertiary/aromatic N) is 2. The number of nitrogens with one attached hydrogen (secondary N) is 2. The third-order valence-electron chi connectivity index (χ3n) is 4.85. The molecule has 1 aromatic rings. The van der Waals surface area contributed by atoms with E-state index in [2.05, 4.69) is 29.1 Å². The monoisotopic (exact) mass is 334 g/mol. The summed E-state index contributed by atoms with van der Waals surface area (Å²) in [4.78, 5) is 33.3. The van der Waals surface area contributed by atoms with Crippen LogP contribution in [0.2, 0.25) is 0 Å². The maximum absolute atomic E-state index is 12.9. The molecule has 0 radical (unpaired) electrons. The second-order valence-electron chi connectivity index (χ2n) is 7.49. The zero-order valence-electron chi connectivity index (χ0n) is 14.5. The Morgan fingerprint density at radius 3 is 3.00 bits per heavy atom. The van der Waals surface area contributed by atoms with Crippen LogP contribution in [0, 0.1) is 5.92 Å². The van der Waals surface area contributed by atoms with E-state index in [1.165, 1.54) is 6.92 Å². The van der Waals surface area contributed by atoms with Gasteiger partial charge < -0.3 is 19.9 Å². The minimum Gasteiger partial charge on any atom is -0.372 e. The molecule has 1 aromatic heterocycles. The van der Waals surface area contributed by atoms with Gasteiger partial charge in [0.25, 0.3) is 0 Å². The number of fused-ring (bicyclic) bond motifs is 1. The lowest BCUT2D eigenvalue weighted by atomic mass is 9.89. The van der Waals surface area contributed by atoms with E-state index in [1.807, 2.05) is 4.90 Å². The van der Waals surface area contributed by atoms with Crippen LogP contribution in [0.5, 0.6) is 0 Å². The first-order valence-corrected chi connectivity index (χ1v) is 8.55. The molecule has 2 amide bonds. The van der Waals surface area contributed by atoms with E-state index >= 15 is 0 Å². The highest BCUT2D eigenvalue weighted by molar-refractivity contribution is 5.87. The molecule has 24 heavy (non-hydrogen) atoms. The van der Waals surface area contributed by atoms with E-state index in [9.17, 15) is 9.59 Å². The molecular weight excluding hydrogens is 308 g/mol. The first-order valence-electron chi connectivity index (χ1n) is 8.55. The number of likely N-dealkylation sites (tertiary alicyclic amines) is 1. The maximum Gasteiger partial charge on any atom is 0.245 e. The van der Waals surface area contributed by atoms with Crippen LogP contribution >= 0.6 is 0 Å². The van der Waals surface area contributed by atoms with Gasteiger partial charge in [0.1, 0.15) is 6.04 Å². The summed E-state index contributed by atoms with van der Waals surface area (Å²) in [6.45, 7) is 7.03. The van der Waals surface area contributed by atoms with Crippen LogP contribution < -0.4 is 5.32 Å². The van der Waals surface area contributed by atoms with Crippen LogP contribution in [-0.4, -0.2) is 57.5 Å². The molecule has 132 valence electrons. The van der Waals surface area contributed by atoms with E-state index in [4.69, 9.17) is 4.74 Å². The van der Waals surface area contributed by atoms with Crippen LogP contribution in [0.15, 0.2) is 12.5 Å². The number of rotatable bonds is 4. The highest BCUT2D eigenvalue weighted by atomic mass is 16.5. The van der Waals surface area contributed by atoms with E-state index < -0.39 is 6.04 Å². The van der Waals surface area contributed by atoms with Gasteiger partial charge in [-0.25, -0.2) is 4.98 Å². The summed E-state index contributed by atoms with van der Waals surface area (Å²) in [5.41, 5.74) is 0.726. The van der Waals surface area contributed by atoms with Gasteiger partial charge in [0.05, 0.1) is 18.0 Å². The fraction of sp³-hybridized carbons (Fsp3) is 0.706. The van der Waals surface area contributed by atoms with Gasteiger partial charge in [-0.2, -0.15) is 0 Å². The Hall–Kier alpha value is -1.89. The molecule has 0 spiro atoms. The number of aromatic nitrogens is 2. The Morgan fingerprint density at radius 2 is 2.33 bits per heavy atom. The number of piperidine rings is 1. The summed E-state index contributed by atoms with van der Waals surface area (Å²) < 4.78 is 6.07. The quantitative estimate of drug-likeness (QED) is 0.855. The van der Waals surface area contributed by atoms with Crippen LogP contribution in [0.1, 0.15) is 39.3 Å². The number of carbonyl (C=O) groups is 2. The summed E-state index contributed by atoms with van der Waals surface area (Å²) in [7, 11) is 0. The van der Waals surface area contributed by atoms with Gasteiger partial charge in [-0.3, -0.25) is 9.59 Å². The van der Waals surface area contributed by atoms with Gasteiger partial charge in [0.2, 0.25) is 11.8 Å². The molecule has 3 heterocycles. The highest BCUT2D eigenvalue weighted by Gasteiger charge is 2.44. The largest absolute Gasteiger partial charge is 0.372 e. The van der Waals surface area contributed by atoms with Crippen LogP contribution in [-0.2, 0) is 20.7 Å². The van der Waals surface area contributed by atoms with Crippen LogP contribution in [0.3, 0.4) is 0 Å².